The van der Waals surface area contributed by atoms with E-state index in [2.05, 4.69) is 10.6 Å². The molecule has 0 fully saturated rings. The first-order valence-electron chi connectivity index (χ1n) is 8.91. The average molecular weight is 465 g/mol. The lowest BCUT2D eigenvalue weighted by Crippen LogP contribution is -2.49. The van der Waals surface area contributed by atoms with E-state index in [-0.39, 0.29) is 24.3 Å². The van der Waals surface area contributed by atoms with Gasteiger partial charge in [-0.25, -0.2) is 0 Å². The first-order valence-corrected chi connectivity index (χ1v) is 10.1. The summed E-state index contributed by atoms with van der Waals surface area (Å²) in [6.07, 6.45) is -4.96. The molecule has 1 aromatic rings. The Hall–Kier alpha value is -2.80. The highest BCUT2D eigenvalue weighted by molar-refractivity contribution is 7.98. The summed E-state index contributed by atoms with van der Waals surface area (Å²) in [5.41, 5.74) is 4.85. The molecular weight excluding hydrogens is 443 g/mol. The number of benzene rings is 1. The SMILES string of the molecule is N[C@@H](CCC(=O)NC(CSCc1cccc(C(F)(F)F)c1)C(=O)NCC(=O)O)C(=O)O. The van der Waals surface area contributed by atoms with E-state index >= 15 is 0 Å². The summed E-state index contributed by atoms with van der Waals surface area (Å²) in [6.45, 7) is -0.687. The summed E-state index contributed by atoms with van der Waals surface area (Å²) >= 11 is 1.06. The molecule has 0 aliphatic heterocycles. The largest absolute Gasteiger partial charge is 0.480 e. The molecule has 1 rings (SSSR count). The Balaban J connectivity index is 2.71. The molecule has 2 amide bonds. The third kappa shape index (κ3) is 10.2. The summed E-state index contributed by atoms with van der Waals surface area (Å²) in [4.78, 5) is 45.5. The summed E-state index contributed by atoms with van der Waals surface area (Å²) in [7, 11) is 0. The van der Waals surface area contributed by atoms with E-state index in [9.17, 15) is 32.3 Å². The van der Waals surface area contributed by atoms with E-state index in [1.54, 1.807) is 0 Å². The van der Waals surface area contributed by atoms with E-state index in [0.717, 1.165) is 23.9 Å². The maximum absolute atomic E-state index is 12.8. The van der Waals surface area contributed by atoms with Crippen molar-refractivity contribution in [2.24, 2.45) is 5.73 Å². The van der Waals surface area contributed by atoms with Gasteiger partial charge in [0.25, 0.3) is 0 Å². The normalized spacial score (nSPS) is 13.2. The van der Waals surface area contributed by atoms with Crippen molar-refractivity contribution in [2.45, 2.75) is 36.9 Å². The topological polar surface area (TPSA) is 159 Å². The summed E-state index contributed by atoms with van der Waals surface area (Å²) in [5.74, 6) is -4.02. The Labute approximate surface area is 179 Å². The van der Waals surface area contributed by atoms with Crippen LogP contribution in [0.3, 0.4) is 0 Å². The number of alkyl halides is 3. The summed E-state index contributed by atoms with van der Waals surface area (Å²) in [6, 6.07) is 2.19. The number of rotatable bonds is 12. The van der Waals surface area contributed by atoms with Crippen molar-refractivity contribution in [1.29, 1.82) is 0 Å². The molecule has 0 bridgehead atoms. The smallest absolute Gasteiger partial charge is 0.416 e. The Bertz CT molecular complexity index is 806. The summed E-state index contributed by atoms with van der Waals surface area (Å²) in [5, 5.41) is 21.9. The number of thioether (sulfide) groups is 1. The molecule has 0 aliphatic carbocycles. The van der Waals surface area contributed by atoms with Gasteiger partial charge in [0, 0.05) is 17.9 Å². The number of carboxylic acids is 2. The third-order valence-corrected chi connectivity index (χ3v) is 4.98. The first-order chi connectivity index (χ1) is 14.4. The Morgan fingerprint density at radius 2 is 1.84 bits per heavy atom. The summed E-state index contributed by atoms with van der Waals surface area (Å²) < 4.78 is 38.4. The number of nitrogens with two attached hydrogens (primary N) is 1. The molecule has 9 nitrogen and oxygen atoms in total. The highest BCUT2D eigenvalue weighted by Gasteiger charge is 2.30. The zero-order chi connectivity index (χ0) is 23.6. The highest BCUT2D eigenvalue weighted by atomic mass is 32.2. The molecule has 1 aromatic carbocycles. The minimum Gasteiger partial charge on any atom is -0.480 e. The standard InChI is InChI=1S/C18H22F3N3O6S/c19-18(20,21)11-3-1-2-10(6-11)8-31-9-13(16(28)23-7-15(26)27)24-14(25)5-4-12(22)17(29)30/h1-3,6,12-13H,4-5,7-9,22H2,(H,23,28)(H,24,25)(H,26,27)(H,29,30)/t12-,13?/m0/s1. The van der Waals surface area contributed by atoms with Crippen LogP contribution in [-0.2, 0) is 31.1 Å². The minimum absolute atomic E-state index is 0.0571. The molecule has 13 heteroatoms. The number of hydrogen-bond acceptors (Lipinski definition) is 6. The molecule has 0 radical (unpaired) electrons. The lowest BCUT2D eigenvalue weighted by atomic mass is 10.1. The fourth-order valence-electron chi connectivity index (χ4n) is 2.28. The van der Waals surface area contributed by atoms with Crippen LogP contribution in [0.15, 0.2) is 24.3 Å². The van der Waals surface area contributed by atoms with Crippen LogP contribution in [0.2, 0.25) is 0 Å². The maximum atomic E-state index is 12.8. The zero-order valence-corrected chi connectivity index (χ0v) is 17.0. The number of carbonyl (C=O) groups is 4. The second-order valence-corrected chi connectivity index (χ2v) is 7.46. The first kappa shape index (κ1) is 26.2. The number of nitrogens with one attached hydrogen (secondary N) is 2. The molecule has 1 unspecified atom stereocenters. The van der Waals surface area contributed by atoms with Gasteiger partial charge in [-0.2, -0.15) is 24.9 Å². The van der Waals surface area contributed by atoms with Gasteiger partial charge in [0.2, 0.25) is 11.8 Å². The van der Waals surface area contributed by atoms with E-state index in [1.165, 1.54) is 12.1 Å². The third-order valence-electron chi connectivity index (χ3n) is 3.87. The molecule has 6 N–H and O–H groups in total. The molecule has 0 saturated heterocycles. The van der Waals surface area contributed by atoms with Crippen LogP contribution in [0.25, 0.3) is 0 Å². The van der Waals surface area contributed by atoms with Crippen LogP contribution < -0.4 is 16.4 Å². The number of halogens is 3. The van der Waals surface area contributed by atoms with E-state index in [0.29, 0.717) is 5.56 Å². The molecule has 0 spiro atoms. The quantitative estimate of drug-likeness (QED) is 0.303. The zero-order valence-electron chi connectivity index (χ0n) is 16.1. The predicted molar refractivity (Wildman–Crippen MR) is 105 cm³/mol. The number of carbonyl (C=O) groups excluding carboxylic acids is 2. The van der Waals surface area contributed by atoms with Crippen LogP contribution in [0.1, 0.15) is 24.0 Å². The minimum atomic E-state index is -4.50. The van der Waals surface area contributed by atoms with E-state index in [4.69, 9.17) is 15.9 Å². The lowest BCUT2D eigenvalue weighted by molar-refractivity contribution is -0.139. The Morgan fingerprint density at radius 3 is 2.42 bits per heavy atom. The van der Waals surface area contributed by atoms with Gasteiger partial charge in [-0.05, 0) is 18.1 Å². The predicted octanol–water partition coefficient (Wildman–Crippen LogP) is 0.816. The van der Waals surface area contributed by atoms with Gasteiger partial charge in [-0.3, -0.25) is 19.2 Å². The van der Waals surface area contributed by atoms with Crippen LogP contribution >= 0.6 is 11.8 Å². The molecule has 31 heavy (non-hydrogen) atoms. The van der Waals surface area contributed by atoms with Crippen molar-refractivity contribution in [1.82, 2.24) is 10.6 Å². The van der Waals surface area contributed by atoms with Crippen molar-refractivity contribution >= 4 is 35.5 Å². The van der Waals surface area contributed by atoms with Crippen LogP contribution in [0.5, 0.6) is 0 Å². The molecule has 0 aliphatic rings. The van der Waals surface area contributed by atoms with Crippen molar-refractivity contribution in [3.63, 3.8) is 0 Å². The lowest BCUT2D eigenvalue weighted by Gasteiger charge is -2.18. The van der Waals surface area contributed by atoms with Crippen molar-refractivity contribution in [3.05, 3.63) is 35.4 Å². The van der Waals surface area contributed by atoms with Crippen LogP contribution in [-0.4, -0.2) is 58.3 Å². The van der Waals surface area contributed by atoms with Crippen LogP contribution in [0, 0.1) is 0 Å². The molecule has 172 valence electrons. The monoisotopic (exact) mass is 465 g/mol. The second-order valence-electron chi connectivity index (χ2n) is 6.43. The second kappa shape index (κ2) is 12.2. The van der Waals surface area contributed by atoms with Crippen molar-refractivity contribution in [3.8, 4) is 0 Å². The van der Waals surface area contributed by atoms with Gasteiger partial charge in [0.1, 0.15) is 18.6 Å². The molecular formula is C18H22F3N3O6S. The van der Waals surface area contributed by atoms with Gasteiger partial charge in [-0.1, -0.05) is 18.2 Å². The van der Waals surface area contributed by atoms with Gasteiger partial charge in [0.15, 0.2) is 0 Å². The molecule has 0 saturated carbocycles. The fraction of sp³-hybridized carbons (Fsp3) is 0.444. The number of aliphatic carboxylic acids is 2. The Morgan fingerprint density at radius 1 is 1.16 bits per heavy atom. The Kier molecular flexibility index (Phi) is 10.3. The van der Waals surface area contributed by atoms with Gasteiger partial charge >= 0.3 is 18.1 Å². The number of amides is 2. The maximum Gasteiger partial charge on any atom is 0.416 e. The van der Waals surface area contributed by atoms with Gasteiger partial charge < -0.3 is 26.6 Å². The van der Waals surface area contributed by atoms with Crippen molar-refractivity contribution in [2.75, 3.05) is 12.3 Å². The number of carboxylic acid groups (broad SMARTS) is 2. The van der Waals surface area contributed by atoms with E-state index in [1.807, 2.05) is 0 Å². The average Bonchev–Trinajstić information content (AvgIpc) is 2.68. The molecule has 0 aromatic heterocycles. The van der Waals surface area contributed by atoms with Crippen molar-refractivity contribution < 1.29 is 42.6 Å². The van der Waals surface area contributed by atoms with Gasteiger partial charge in [0.05, 0.1) is 5.56 Å². The van der Waals surface area contributed by atoms with Gasteiger partial charge in [-0.15, -0.1) is 0 Å². The fourth-order valence-corrected chi connectivity index (χ4v) is 3.28. The molecule has 0 heterocycles. The van der Waals surface area contributed by atoms with E-state index < -0.39 is 54.1 Å². The van der Waals surface area contributed by atoms with Crippen LogP contribution in [0.4, 0.5) is 13.2 Å². The number of hydrogen-bond donors (Lipinski definition) is 5. The molecule has 2 atom stereocenters. The highest BCUT2D eigenvalue weighted by Crippen LogP contribution is 2.30.